The summed E-state index contributed by atoms with van der Waals surface area (Å²) in [6.07, 6.45) is 2.71. The van der Waals surface area contributed by atoms with Crippen molar-refractivity contribution in [2.75, 3.05) is 26.2 Å². The predicted octanol–water partition coefficient (Wildman–Crippen LogP) is 3.73. The van der Waals surface area contributed by atoms with Gasteiger partial charge >= 0.3 is 0 Å². The fraction of sp³-hybridized carbons (Fsp3) is 0.391. The summed E-state index contributed by atoms with van der Waals surface area (Å²) in [5.41, 5.74) is 4.11. The third kappa shape index (κ3) is 3.65. The highest BCUT2D eigenvalue weighted by Crippen LogP contribution is 2.33. The van der Waals surface area contributed by atoms with Crippen LogP contribution in [0, 0.1) is 5.82 Å². The lowest BCUT2D eigenvalue weighted by Crippen LogP contribution is -2.45. The molecule has 5 nitrogen and oxygen atoms in total. The molecule has 0 saturated carbocycles. The van der Waals surface area contributed by atoms with Gasteiger partial charge in [-0.1, -0.05) is 29.4 Å². The normalized spacial score (nSPS) is 18.2. The molecule has 29 heavy (non-hydrogen) atoms. The van der Waals surface area contributed by atoms with E-state index in [0.717, 1.165) is 56.5 Å². The van der Waals surface area contributed by atoms with Gasteiger partial charge in [0.15, 0.2) is 5.58 Å². The van der Waals surface area contributed by atoms with E-state index in [1.165, 1.54) is 23.3 Å². The molecule has 150 valence electrons. The van der Waals surface area contributed by atoms with Crippen LogP contribution in [0.2, 0.25) is 0 Å². The van der Waals surface area contributed by atoms with E-state index in [2.05, 4.69) is 34.3 Å². The highest BCUT2D eigenvalue weighted by atomic mass is 19.1. The van der Waals surface area contributed by atoms with Crippen molar-refractivity contribution in [3.63, 3.8) is 0 Å². The maximum Gasteiger partial charge on any atom is 0.236 e. The van der Waals surface area contributed by atoms with Gasteiger partial charge in [0.2, 0.25) is 5.91 Å². The minimum absolute atomic E-state index is 0.204. The fourth-order valence-corrected chi connectivity index (χ4v) is 4.61. The summed E-state index contributed by atoms with van der Waals surface area (Å²) in [6.45, 7) is 3.71. The van der Waals surface area contributed by atoms with Gasteiger partial charge in [0.05, 0.1) is 12.2 Å². The Morgan fingerprint density at radius 1 is 1.10 bits per heavy atom. The number of carbonyl (C=O) groups is 1. The molecule has 3 heterocycles. The van der Waals surface area contributed by atoms with Crippen molar-refractivity contribution in [3.8, 4) is 0 Å². The average Bonchev–Trinajstić information content (AvgIpc) is 3.16. The van der Waals surface area contributed by atoms with Crippen molar-refractivity contribution >= 4 is 16.9 Å². The monoisotopic (exact) mass is 393 g/mol. The second-order valence-corrected chi connectivity index (χ2v) is 8.09. The summed E-state index contributed by atoms with van der Waals surface area (Å²) in [4.78, 5) is 17.0. The molecule has 3 aromatic rings. The van der Waals surface area contributed by atoms with Crippen LogP contribution in [0.1, 0.15) is 35.6 Å². The Labute approximate surface area is 169 Å². The second kappa shape index (κ2) is 7.59. The number of rotatable bonds is 3. The van der Waals surface area contributed by atoms with Crippen LogP contribution < -0.4 is 0 Å². The van der Waals surface area contributed by atoms with E-state index >= 15 is 0 Å². The van der Waals surface area contributed by atoms with Crippen LogP contribution >= 0.6 is 0 Å². The molecule has 5 rings (SSSR count). The number of piperidine rings is 1. The lowest BCUT2D eigenvalue weighted by molar-refractivity contribution is -0.133. The Morgan fingerprint density at radius 3 is 2.72 bits per heavy atom. The molecule has 6 heteroatoms. The number of carbonyl (C=O) groups excluding carboxylic acids is 1. The van der Waals surface area contributed by atoms with Crippen molar-refractivity contribution in [2.24, 2.45) is 0 Å². The number of aromatic nitrogens is 1. The Morgan fingerprint density at radius 2 is 1.90 bits per heavy atom. The maximum atomic E-state index is 13.4. The molecule has 2 aliphatic rings. The van der Waals surface area contributed by atoms with Gasteiger partial charge in [0, 0.05) is 43.5 Å². The predicted molar refractivity (Wildman–Crippen MR) is 108 cm³/mol. The van der Waals surface area contributed by atoms with E-state index in [4.69, 9.17) is 4.52 Å². The quantitative estimate of drug-likeness (QED) is 0.680. The molecule has 2 aliphatic heterocycles. The first-order chi connectivity index (χ1) is 14.2. The van der Waals surface area contributed by atoms with Crippen molar-refractivity contribution in [3.05, 3.63) is 65.1 Å². The van der Waals surface area contributed by atoms with Gasteiger partial charge in [-0.05, 0) is 42.5 Å². The number of halogens is 1. The van der Waals surface area contributed by atoms with Crippen LogP contribution in [0.3, 0.4) is 0 Å². The first-order valence-electron chi connectivity index (χ1n) is 10.3. The molecular formula is C23H24FN3O2. The summed E-state index contributed by atoms with van der Waals surface area (Å²) in [6, 6.07) is 13.0. The van der Waals surface area contributed by atoms with Crippen molar-refractivity contribution in [2.45, 2.75) is 31.7 Å². The fourth-order valence-electron chi connectivity index (χ4n) is 4.61. The first kappa shape index (κ1) is 18.3. The molecule has 0 bridgehead atoms. The van der Waals surface area contributed by atoms with Gasteiger partial charge in [0.25, 0.3) is 0 Å². The Balaban J connectivity index is 1.19. The summed E-state index contributed by atoms with van der Waals surface area (Å²) < 4.78 is 18.7. The van der Waals surface area contributed by atoms with Gasteiger partial charge in [-0.3, -0.25) is 9.69 Å². The molecule has 0 radical (unpaired) electrons. The summed E-state index contributed by atoms with van der Waals surface area (Å²) in [5, 5.41) is 5.07. The van der Waals surface area contributed by atoms with Gasteiger partial charge in [0.1, 0.15) is 5.82 Å². The maximum absolute atomic E-state index is 13.4. The molecule has 1 amide bonds. The van der Waals surface area contributed by atoms with Crippen LogP contribution in [-0.2, 0) is 17.8 Å². The van der Waals surface area contributed by atoms with E-state index in [0.29, 0.717) is 12.1 Å². The van der Waals surface area contributed by atoms with Crippen molar-refractivity contribution < 1.29 is 13.7 Å². The number of nitrogens with zero attached hydrogens (tertiary/aromatic N) is 3. The smallest absolute Gasteiger partial charge is 0.236 e. The Bertz CT molecular complexity index is 1040. The standard InChI is InChI=1S/C23H24FN3O2/c24-19-5-6-20-21(13-19)29-25-23(20)17-8-11-27(12-9-17)22(28)15-26-10-7-16-3-1-2-4-18(16)14-26/h1-6,13,17H,7-12,14-15H2. The van der Waals surface area contributed by atoms with E-state index in [1.807, 2.05) is 4.90 Å². The number of likely N-dealkylation sites (tertiary alicyclic amines) is 1. The third-order valence-corrected chi connectivity index (χ3v) is 6.26. The van der Waals surface area contributed by atoms with E-state index < -0.39 is 0 Å². The number of fused-ring (bicyclic) bond motifs is 2. The zero-order valence-electron chi connectivity index (χ0n) is 16.3. The highest BCUT2D eigenvalue weighted by molar-refractivity contribution is 5.80. The van der Waals surface area contributed by atoms with Gasteiger partial charge in [-0.2, -0.15) is 0 Å². The van der Waals surface area contributed by atoms with Crippen LogP contribution in [0.5, 0.6) is 0 Å². The summed E-state index contributed by atoms with van der Waals surface area (Å²) >= 11 is 0. The molecule has 1 fully saturated rings. The molecular weight excluding hydrogens is 369 g/mol. The van der Waals surface area contributed by atoms with Gasteiger partial charge < -0.3 is 9.42 Å². The number of amides is 1. The molecule has 2 aromatic carbocycles. The zero-order valence-corrected chi connectivity index (χ0v) is 16.3. The molecule has 0 spiro atoms. The largest absolute Gasteiger partial charge is 0.356 e. The second-order valence-electron chi connectivity index (χ2n) is 8.09. The zero-order chi connectivity index (χ0) is 19.8. The minimum Gasteiger partial charge on any atom is -0.356 e. The molecule has 1 saturated heterocycles. The van der Waals surface area contributed by atoms with Crippen LogP contribution in [0.25, 0.3) is 11.0 Å². The minimum atomic E-state index is -0.319. The third-order valence-electron chi connectivity index (χ3n) is 6.26. The topological polar surface area (TPSA) is 49.6 Å². The lowest BCUT2D eigenvalue weighted by Gasteiger charge is -2.34. The van der Waals surface area contributed by atoms with Gasteiger partial charge in [-0.25, -0.2) is 4.39 Å². The molecule has 1 aromatic heterocycles. The summed E-state index contributed by atoms with van der Waals surface area (Å²) in [5.74, 6) is 0.128. The van der Waals surface area contributed by atoms with E-state index in [9.17, 15) is 9.18 Å². The molecule has 0 N–H and O–H groups in total. The first-order valence-corrected chi connectivity index (χ1v) is 10.3. The Kier molecular flexibility index (Phi) is 4.79. The molecule has 0 unspecified atom stereocenters. The van der Waals surface area contributed by atoms with Gasteiger partial charge in [-0.15, -0.1) is 0 Å². The SMILES string of the molecule is O=C(CN1CCc2ccccc2C1)N1CCC(c2noc3cc(F)ccc23)CC1. The van der Waals surface area contributed by atoms with Crippen molar-refractivity contribution in [1.29, 1.82) is 0 Å². The van der Waals surface area contributed by atoms with Crippen LogP contribution in [0.4, 0.5) is 4.39 Å². The summed E-state index contributed by atoms with van der Waals surface area (Å²) in [7, 11) is 0. The molecule has 0 aliphatic carbocycles. The van der Waals surface area contributed by atoms with E-state index in [1.54, 1.807) is 6.07 Å². The molecule has 0 atom stereocenters. The number of benzene rings is 2. The average molecular weight is 393 g/mol. The van der Waals surface area contributed by atoms with E-state index in [-0.39, 0.29) is 17.6 Å². The van der Waals surface area contributed by atoms with Crippen LogP contribution in [-0.4, -0.2) is 47.0 Å². The number of hydrogen-bond donors (Lipinski definition) is 0. The lowest BCUT2D eigenvalue weighted by atomic mass is 9.91. The number of hydrogen-bond acceptors (Lipinski definition) is 4. The van der Waals surface area contributed by atoms with Crippen molar-refractivity contribution in [1.82, 2.24) is 15.0 Å². The van der Waals surface area contributed by atoms with Crippen LogP contribution in [0.15, 0.2) is 47.0 Å². The highest BCUT2D eigenvalue weighted by Gasteiger charge is 2.28. The Hall–Kier alpha value is -2.73.